The van der Waals surface area contributed by atoms with Crippen molar-refractivity contribution in [2.24, 2.45) is 0 Å². The number of ether oxygens (including phenoxy) is 2. The third-order valence-electron chi connectivity index (χ3n) is 4.57. The Labute approximate surface area is 213 Å². The summed E-state index contributed by atoms with van der Waals surface area (Å²) in [5.74, 6) is -2.38. The molecule has 0 spiro atoms. The summed E-state index contributed by atoms with van der Waals surface area (Å²) in [6.45, 7) is -0.824. The number of nitrogens with zero attached hydrogens (tertiary/aromatic N) is 1. The zero-order valence-corrected chi connectivity index (χ0v) is 20.6. The first-order chi connectivity index (χ1) is 16.0. The number of aliphatic hydroxyl groups excluding tert-OH is 4. The summed E-state index contributed by atoms with van der Waals surface area (Å²) in [5.41, 5.74) is 0.361. The monoisotopic (exact) mass is 610 g/mol. The minimum atomic E-state index is -1.90. The van der Waals surface area contributed by atoms with Crippen molar-refractivity contribution in [1.82, 2.24) is 4.90 Å². The molecule has 2 rings (SSSR count). The summed E-state index contributed by atoms with van der Waals surface area (Å²) in [7, 11) is 1.32. The summed E-state index contributed by atoms with van der Waals surface area (Å²) in [4.78, 5) is 36.7. The summed E-state index contributed by atoms with van der Waals surface area (Å²) in [6.07, 6.45) is -10.0. The molecule has 5 atom stereocenters. The van der Waals surface area contributed by atoms with Gasteiger partial charge in [-0.1, -0.05) is 0 Å². The number of hydrogen-bond acceptors (Lipinski definition) is 11. The molecule has 0 saturated carbocycles. The fourth-order valence-corrected chi connectivity index (χ4v) is 3.11. The van der Waals surface area contributed by atoms with E-state index >= 15 is 0 Å². The van der Waals surface area contributed by atoms with Gasteiger partial charge in [0.05, 0.1) is 0 Å². The fraction of sp³-hybridized carbons (Fsp3) is 0.471. The first kappa shape index (κ1) is 28.3. The molecule has 0 aromatic heterocycles. The van der Waals surface area contributed by atoms with Crippen LogP contribution in [0.2, 0.25) is 0 Å². The number of rotatable bonds is 9. The van der Waals surface area contributed by atoms with E-state index in [1.165, 1.54) is 31.3 Å². The van der Waals surface area contributed by atoms with E-state index in [4.69, 9.17) is 19.2 Å². The van der Waals surface area contributed by atoms with Crippen LogP contribution in [0.15, 0.2) is 18.2 Å². The van der Waals surface area contributed by atoms with E-state index < -0.39 is 66.5 Å². The van der Waals surface area contributed by atoms with Gasteiger partial charge in [0.1, 0.15) is 12.2 Å². The zero-order chi connectivity index (χ0) is 25.6. The number of carbonyl (C=O) groups excluding carboxylic acids is 2. The number of nitrogens with one attached hydrogen (secondary N) is 1. The fourth-order valence-electron chi connectivity index (χ4n) is 2.83. The van der Waals surface area contributed by atoms with Crippen LogP contribution in [0.4, 0.5) is 10.5 Å². The number of likely N-dealkylation sites (N-methyl/N-ethyl adjacent to an activating group) is 1. The number of halogens is 1. The van der Waals surface area contributed by atoms with Crippen molar-refractivity contribution in [2.45, 2.75) is 37.3 Å². The molecule has 1 aromatic carbocycles. The molecule has 1 aromatic rings. The molecule has 1 saturated heterocycles. The molecule has 1 aliphatic heterocycles. The van der Waals surface area contributed by atoms with Crippen molar-refractivity contribution in [3.63, 3.8) is 0 Å². The molecule has 2 amide bonds. The van der Waals surface area contributed by atoms with Gasteiger partial charge in [-0.25, -0.2) is 4.79 Å². The predicted octanol–water partition coefficient (Wildman–Crippen LogP) is -1.31. The van der Waals surface area contributed by atoms with E-state index in [2.05, 4.69) is 17.4 Å². The van der Waals surface area contributed by atoms with Gasteiger partial charge < -0.3 is 20.4 Å². The first-order valence-corrected chi connectivity index (χ1v) is 11.3. The van der Waals surface area contributed by atoms with Gasteiger partial charge in [-0.05, 0) is 0 Å². The number of anilines is 1. The van der Waals surface area contributed by atoms with Gasteiger partial charge in [0, 0.05) is 0 Å². The van der Waals surface area contributed by atoms with Crippen molar-refractivity contribution in [3.05, 3.63) is 23.8 Å². The standard InChI is InChI=1S/C17H21B2IN2O11S/c1-22(17(30)33-19(20)18-34)5-10(24)21-8-4-7(6-23)2-3-9(8)31-16-13(27)11(25)12(26)14(32-16)15(28)29/h2-4,11-14,16,23,25-27H,5-6H2,1H3,(H,21,24)(H,28,29)/t11-,12-,13?,14?,16+/m0/s1. The number of aliphatic carboxylic acids is 1. The average Bonchev–Trinajstić information content (AvgIpc) is 2.79. The van der Waals surface area contributed by atoms with Crippen LogP contribution in [0.1, 0.15) is 5.56 Å². The summed E-state index contributed by atoms with van der Waals surface area (Å²) < 4.78 is 14.9. The second-order valence-corrected chi connectivity index (χ2v) is 8.62. The van der Waals surface area contributed by atoms with Crippen LogP contribution in [0.25, 0.3) is 0 Å². The minimum absolute atomic E-state index is 0.00716. The molecule has 17 heteroatoms. The number of aliphatic hydroxyl groups is 4. The number of hydrogen-bond donors (Lipinski definition) is 6. The number of carboxylic acid groups (broad SMARTS) is 1. The van der Waals surface area contributed by atoms with E-state index in [1.807, 2.05) is 0 Å². The second kappa shape index (κ2) is 12.7. The SMILES string of the molecule is CN(CC(=O)Nc1cc(CO)ccc1O[C@@H]1OC(C(=O)O)[C@@H](O)[C@H](O)C1O)C(=O)OB(I)B=S. The Hall–Kier alpha value is -1.89. The van der Waals surface area contributed by atoms with Gasteiger partial charge >= 0.3 is 170 Å². The number of amides is 2. The van der Waals surface area contributed by atoms with Gasteiger partial charge in [-0.2, -0.15) is 0 Å². The summed E-state index contributed by atoms with van der Waals surface area (Å²) in [5, 5.41) is 51.0. The van der Waals surface area contributed by atoms with E-state index in [-0.39, 0.29) is 11.4 Å². The van der Waals surface area contributed by atoms with Crippen molar-refractivity contribution < 1.29 is 54.0 Å². The van der Waals surface area contributed by atoms with Crippen LogP contribution < -0.4 is 10.1 Å². The van der Waals surface area contributed by atoms with Crippen LogP contribution in [0.3, 0.4) is 0 Å². The molecular weight excluding hydrogens is 589 g/mol. The maximum absolute atomic E-state index is 12.5. The molecule has 13 nitrogen and oxygen atoms in total. The van der Waals surface area contributed by atoms with Gasteiger partial charge in [0.15, 0.2) is 6.10 Å². The quantitative estimate of drug-likeness (QED) is 0.143. The maximum atomic E-state index is 12.5. The molecule has 1 aliphatic rings. The van der Waals surface area contributed by atoms with Crippen LogP contribution >= 0.6 is 34.4 Å². The van der Waals surface area contributed by atoms with E-state index in [1.54, 1.807) is 22.4 Å². The zero-order valence-electron chi connectivity index (χ0n) is 17.6. The normalized spacial score (nSPS) is 23.9. The molecule has 34 heavy (non-hydrogen) atoms. The number of carboxylic acids is 1. The van der Waals surface area contributed by atoms with Gasteiger partial charge in [-0.15, -0.1) is 0 Å². The first-order valence-electron chi connectivity index (χ1n) is 9.62. The number of benzene rings is 1. The third kappa shape index (κ3) is 7.30. The molecule has 0 aliphatic carbocycles. The van der Waals surface area contributed by atoms with Crippen LogP contribution in [-0.4, -0.2) is 103 Å². The van der Waals surface area contributed by atoms with Crippen LogP contribution in [-0.2, 0) is 25.6 Å². The molecule has 0 bridgehead atoms. The van der Waals surface area contributed by atoms with E-state index in [0.717, 1.165) is 4.90 Å². The Morgan fingerprint density at radius 2 is 1.94 bits per heavy atom. The third-order valence-corrected chi connectivity index (χ3v) is 5.92. The Kier molecular flexibility index (Phi) is 10.6. The second-order valence-electron chi connectivity index (χ2n) is 7.12. The summed E-state index contributed by atoms with van der Waals surface area (Å²) in [6, 6.07) is 5.30. The predicted molar refractivity (Wildman–Crippen MR) is 128 cm³/mol. The molecule has 6 N–H and O–H groups in total. The van der Waals surface area contributed by atoms with Crippen LogP contribution in [0.5, 0.6) is 5.75 Å². The molecule has 0 radical (unpaired) electrons. The van der Waals surface area contributed by atoms with Gasteiger partial charge in [0.25, 0.3) is 0 Å². The Bertz CT molecular complexity index is 929. The van der Waals surface area contributed by atoms with Crippen LogP contribution in [0, 0.1) is 0 Å². The Morgan fingerprint density at radius 3 is 2.53 bits per heavy atom. The average molecular weight is 610 g/mol. The van der Waals surface area contributed by atoms with Crippen molar-refractivity contribution in [1.29, 1.82) is 0 Å². The number of carbonyl (C=O) groups is 3. The molecule has 2 unspecified atom stereocenters. The van der Waals surface area contributed by atoms with E-state index in [9.17, 15) is 34.8 Å². The molecule has 184 valence electrons. The Balaban J connectivity index is 2.18. The van der Waals surface area contributed by atoms with Crippen molar-refractivity contribution in [2.75, 3.05) is 18.9 Å². The summed E-state index contributed by atoms with van der Waals surface area (Å²) >= 11 is 6.45. The van der Waals surface area contributed by atoms with Crippen molar-refractivity contribution >= 4 is 68.8 Å². The van der Waals surface area contributed by atoms with Gasteiger partial charge in [0.2, 0.25) is 0 Å². The van der Waals surface area contributed by atoms with E-state index in [0.29, 0.717) is 5.56 Å². The van der Waals surface area contributed by atoms with Crippen molar-refractivity contribution in [3.8, 4) is 5.75 Å². The topological polar surface area (TPSA) is 195 Å². The molecular formula is C17H21B2IN2O11S. The Morgan fingerprint density at radius 1 is 1.26 bits per heavy atom. The molecule has 1 heterocycles. The molecule has 1 fully saturated rings. The van der Waals surface area contributed by atoms with Gasteiger partial charge in [-0.3, -0.25) is 0 Å².